The summed E-state index contributed by atoms with van der Waals surface area (Å²) in [7, 11) is 0. The molecular weight excluding hydrogens is 352 g/mol. The van der Waals surface area contributed by atoms with Crippen LogP contribution in [-0.2, 0) is 11.2 Å². The number of nitrogen functional groups attached to an aromatic ring is 1. The highest BCUT2D eigenvalue weighted by molar-refractivity contribution is 7.17. The Balaban J connectivity index is 1.65. The standard InChI is InChI=1S/C16H13F2N3OS2/c17-10-4-3-9(8-11(10)18)20-14(22)6-5-13-15(21-16(19)24-13)12-2-1-7-23-12/h1-4,7-8H,5-6H2,(H2,19,21)(H,20,22). The van der Waals surface area contributed by atoms with E-state index in [0.717, 1.165) is 27.6 Å². The van der Waals surface area contributed by atoms with E-state index >= 15 is 0 Å². The normalized spacial score (nSPS) is 10.8. The quantitative estimate of drug-likeness (QED) is 0.708. The summed E-state index contributed by atoms with van der Waals surface area (Å²) in [6.45, 7) is 0. The number of carbonyl (C=O) groups is 1. The number of carbonyl (C=O) groups excluding carboxylic acids is 1. The van der Waals surface area contributed by atoms with Crippen molar-refractivity contribution < 1.29 is 13.6 Å². The molecule has 0 bridgehead atoms. The molecule has 24 heavy (non-hydrogen) atoms. The highest BCUT2D eigenvalue weighted by Crippen LogP contribution is 2.33. The number of amides is 1. The zero-order valence-corrected chi connectivity index (χ0v) is 14.0. The summed E-state index contributed by atoms with van der Waals surface area (Å²) >= 11 is 2.90. The number of hydrogen-bond donors (Lipinski definition) is 2. The van der Waals surface area contributed by atoms with Crippen molar-refractivity contribution in [2.24, 2.45) is 0 Å². The Hall–Kier alpha value is -2.32. The van der Waals surface area contributed by atoms with Crippen LogP contribution in [0.4, 0.5) is 19.6 Å². The molecule has 3 N–H and O–H groups in total. The van der Waals surface area contributed by atoms with Gasteiger partial charge in [0.25, 0.3) is 0 Å². The average Bonchev–Trinajstić information content (AvgIpc) is 3.18. The van der Waals surface area contributed by atoms with Gasteiger partial charge in [0.1, 0.15) is 0 Å². The Morgan fingerprint density at radius 1 is 1.25 bits per heavy atom. The van der Waals surface area contributed by atoms with Crippen molar-refractivity contribution in [1.82, 2.24) is 4.98 Å². The van der Waals surface area contributed by atoms with Gasteiger partial charge < -0.3 is 11.1 Å². The first-order valence-corrected chi connectivity index (χ1v) is 8.76. The van der Waals surface area contributed by atoms with Gasteiger partial charge in [-0.15, -0.1) is 22.7 Å². The summed E-state index contributed by atoms with van der Waals surface area (Å²) in [5, 5.41) is 4.95. The van der Waals surface area contributed by atoms with Crippen molar-refractivity contribution in [2.75, 3.05) is 11.1 Å². The summed E-state index contributed by atoms with van der Waals surface area (Å²) in [6.07, 6.45) is 0.663. The zero-order valence-electron chi connectivity index (χ0n) is 12.4. The van der Waals surface area contributed by atoms with Crippen LogP contribution in [-0.4, -0.2) is 10.9 Å². The van der Waals surface area contributed by atoms with Crippen molar-refractivity contribution >= 4 is 39.4 Å². The predicted molar refractivity (Wildman–Crippen MR) is 93.1 cm³/mol. The van der Waals surface area contributed by atoms with Crippen LogP contribution in [0.25, 0.3) is 10.6 Å². The summed E-state index contributed by atoms with van der Waals surface area (Å²) < 4.78 is 26.0. The van der Waals surface area contributed by atoms with Crippen molar-refractivity contribution in [2.45, 2.75) is 12.8 Å². The van der Waals surface area contributed by atoms with Crippen molar-refractivity contribution in [3.63, 3.8) is 0 Å². The Morgan fingerprint density at radius 3 is 2.79 bits per heavy atom. The second-order valence-corrected chi connectivity index (χ2v) is 7.04. The highest BCUT2D eigenvalue weighted by atomic mass is 32.1. The van der Waals surface area contributed by atoms with E-state index in [1.165, 1.54) is 17.4 Å². The number of hydrogen-bond acceptors (Lipinski definition) is 5. The molecule has 0 saturated carbocycles. The number of aryl methyl sites for hydroxylation is 1. The van der Waals surface area contributed by atoms with Crippen LogP contribution in [0.3, 0.4) is 0 Å². The van der Waals surface area contributed by atoms with E-state index in [1.807, 2.05) is 17.5 Å². The fourth-order valence-corrected chi connectivity index (χ4v) is 3.82. The van der Waals surface area contributed by atoms with Gasteiger partial charge in [-0.2, -0.15) is 0 Å². The molecule has 8 heteroatoms. The maximum atomic E-state index is 13.1. The molecule has 0 fully saturated rings. The van der Waals surface area contributed by atoms with Gasteiger partial charge in [-0.3, -0.25) is 4.79 Å². The first kappa shape index (κ1) is 16.5. The molecule has 0 aliphatic rings. The fourth-order valence-electron chi connectivity index (χ4n) is 2.17. The molecule has 0 radical (unpaired) electrons. The highest BCUT2D eigenvalue weighted by Gasteiger charge is 2.14. The number of benzene rings is 1. The summed E-state index contributed by atoms with van der Waals surface area (Å²) in [5.41, 5.74) is 6.80. The molecule has 1 amide bonds. The third-order valence-electron chi connectivity index (χ3n) is 3.25. The third-order valence-corrected chi connectivity index (χ3v) is 5.07. The van der Waals surface area contributed by atoms with Gasteiger partial charge >= 0.3 is 0 Å². The molecule has 0 atom stereocenters. The van der Waals surface area contributed by atoms with E-state index in [-0.39, 0.29) is 18.0 Å². The second-order valence-electron chi connectivity index (χ2n) is 4.98. The van der Waals surface area contributed by atoms with Crippen LogP contribution in [0.5, 0.6) is 0 Å². The second kappa shape index (κ2) is 7.06. The Labute approximate surface area is 145 Å². The maximum absolute atomic E-state index is 13.1. The molecular formula is C16H13F2N3OS2. The van der Waals surface area contributed by atoms with Gasteiger partial charge in [-0.05, 0) is 30.0 Å². The average molecular weight is 365 g/mol. The molecule has 2 aromatic heterocycles. The summed E-state index contributed by atoms with van der Waals surface area (Å²) in [5.74, 6) is -2.23. The van der Waals surface area contributed by atoms with Gasteiger partial charge in [0.05, 0.1) is 10.6 Å². The molecule has 0 saturated heterocycles. The van der Waals surface area contributed by atoms with E-state index in [2.05, 4.69) is 10.3 Å². The lowest BCUT2D eigenvalue weighted by atomic mass is 10.2. The summed E-state index contributed by atoms with van der Waals surface area (Å²) in [4.78, 5) is 18.3. The molecule has 4 nitrogen and oxygen atoms in total. The van der Waals surface area contributed by atoms with Gasteiger partial charge in [-0.1, -0.05) is 6.07 Å². The molecule has 1 aromatic carbocycles. The first-order chi connectivity index (χ1) is 11.5. The lowest BCUT2D eigenvalue weighted by molar-refractivity contribution is -0.116. The van der Waals surface area contributed by atoms with E-state index in [1.54, 1.807) is 11.3 Å². The molecule has 0 unspecified atom stereocenters. The third kappa shape index (κ3) is 3.77. The Bertz CT molecular complexity index is 862. The largest absolute Gasteiger partial charge is 0.375 e. The Kier molecular flexibility index (Phi) is 4.86. The monoisotopic (exact) mass is 365 g/mol. The number of nitrogens with one attached hydrogen (secondary N) is 1. The number of halogens is 2. The minimum atomic E-state index is -0.997. The zero-order chi connectivity index (χ0) is 17.1. The van der Waals surface area contributed by atoms with E-state index in [0.29, 0.717) is 11.6 Å². The fraction of sp³-hybridized carbons (Fsp3) is 0.125. The molecule has 3 rings (SSSR count). The Morgan fingerprint density at radius 2 is 2.08 bits per heavy atom. The van der Waals surface area contributed by atoms with Crippen LogP contribution in [0.15, 0.2) is 35.7 Å². The SMILES string of the molecule is Nc1nc(-c2cccs2)c(CCC(=O)Nc2ccc(F)c(F)c2)s1. The molecule has 3 aromatic rings. The van der Waals surface area contributed by atoms with Gasteiger partial charge in [0, 0.05) is 23.1 Å². The minimum Gasteiger partial charge on any atom is -0.375 e. The number of thiazole rings is 1. The van der Waals surface area contributed by atoms with Gasteiger partial charge in [0.2, 0.25) is 5.91 Å². The van der Waals surface area contributed by atoms with E-state index in [9.17, 15) is 13.6 Å². The molecule has 0 spiro atoms. The lowest BCUT2D eigenvalue weighted by Crippen LogP contribution is -2.12. The minimum absolute atomic E-state index is 0.193. The number of anilines is 2. The van der Waals surface area contributed by atoms with Gasteiger partial charge in [-0.25, -0.2) is 13.8 Å². The molecule has 124 valence electrons. The van der Waals surface area contributed by atoms with Crippen LogP contribution in [0.1, 0.15) is 11.3 Å². The number of nitrogens with zero attached hydrogens (tertiary/aromatic N) is 1. The number of nitrogens with two attached hydrogens (primary N) is 1. The van der Waals surface area contributed by atoms with Crippen LogP contribution in [0, 0.1) is 11.6 Å². The van der Waals surface area contributed by atoms with Crippen molar-refractivity contribution in [1.29, 1.82) is 0 Å². The topological polar surface area (TPSA) is 68.0 Å². The first-order valence-electron chi connectivity index (χ1n) is 7.07. The van der Waals surface area contributed by atoms with Crippen LogP contribution < -0.4 is 11.1 Å². The van der Waals surface area contributed by atoms with Crippen molar-refractivity contribution in [3.05, 3.63) is 52.2 Å². The van der Waals surface area contributed by atoms with Gasteiger partial charge in [0.15, 0.2) is 16.8 Å². The van der Waals surface area contributed by atoms with E-state index < -0.39 is 11.6 Å². The molecule has 0 aliphatic heterocycles. The molecule has 2 heterocycles. The number of aromatic nitrogens is 1. The summed E-state index contributed by atoms with van der Waals surface area (Å²) in [6, 6.07) is 7.12. The maximum Gasteiger partial charge on any atom is 0.224 e. The number of rotatable bonds is 5. The van der Waals surface area contributed by atoms with Crippen LogP contribution in [0.2, 0.25) is 0 Å². The number of thiophene rings is 1. The van der Waals surface area contributed by atoms with E-state index in [4.69, 9.17) is 5.73 Å². The lowest BCUT2D eigenvalue weighted by Gasteiger charge is -2.05. The van der Waals surface area contributed by atoms with Crippen molar-refractivity contribution in [3.8, 4) is 10.6 Å². The van der Waals surface area contributed by atoms with Crippen LogP contribution >= 0.6 is 22.7 Å². The molecule has 0 aliphatic carbocycles. The smallest absolute Gasteiger partial charge is 0.224 e. The predicted octanol–water partition coefficient (Wildman–Crippen LogP) is 4.30.